The van der Waals surface area contributed by atoms with E-state index in [1.165, 1.54) is 22.3 Å². The minimum absolute atomic E-state index is 0.359. The maximum absolute atomic E-state index is 3.70. The Balaban J connectivity index is 3.50. The predicted molar refractivity (Wildman–Crippen MR) is 95.8 cm³/mol. The molecule has 0 fully saturated rings. The Kier molecular flexibility index (Phi) is 6.91. The summed E-state index contributed by atoms with van der Waals surface area (Å²) in [5.41, 5.74) is 5.44. The number of hydrogen-bond donors (Lipinski definition) is 0. The largest absolute Gasteiger partial charge is 0.0842 e. The average Bonchev–Trinajstić information content (AvgIpc) is 2.26. The van der Waals surface area contributed by atoms with Crippen LogP contribution in [0.2, 0.25) is 0 Å². The maximum atomic E-state index is 3.70. The molecule has 0 bridgehead atoms. The third-order valence-corrected chi connectivity index (χ3v) is 4.98. The Labute approximate surface area is 144 Å². The topological polar surface area (TPSA) is 0 Å². The van der Waals surface area contributed by atoms with Crippen LogP contribution in [-0.4, -0.2) is 0 Å². The van der Waals surface area contributed by atoms with E-state index in [2.05, 4.69) is 104 Å². The molecule has 0 aliphatic heterocycles. The molecule has 4 atom stereocenters. The minimum atomic E-state index is 0.359. The van der Waals surface area contributed by atoms with E-state index in [9.17, 15) is 0 Å². The van der Waals surface area contributed by atoms with E-state index in [0.29, 0.717) is 19.3 Å². The number of rotatable bonds is 4. The summed E-state index contributed by atoms with van der Waals surface area (Å²) in [5, 5.41) is 0. The van der Waals surface area contributed by atoms with Gasteiger partial charge in [0.1, 0.15) is 0 Å². The van der Waals surface area contributed by atoms with E-state index in [-0.39, 0.29) is 0 Å². The molecule has 1 aromatic carbocycles. The van der Waals surface area contributed by atoms with Gasteiger partial charge in [-0.1, -0.05) is 75.9 Å². The molecular formula is C14H18Br4. The zero-order valence-corrected chi connectivity index (χ0v) is 17.3. The molecular weight excluding hydrogens is 488 g/mol. The summed E-state index contributed by atoms with van der Waals surface area (Å²) in [4.78, 5) is 1.43. The van der Waals surface area contributed by atoms with Crippen molar-refractivity contribution in [3.05, 3.63) is 34.4 Å². The minimum Gasteiger partial charge on any atom is -0.0842 e. The zero-order valence-electron chi connectivity index (χ0n) is 11.0. The highest BCUT2D eigenvalue weighted by Crippen LogP contribution is 2.41. The molecule has 0 amide bonds. The van der Waals surface area contributed by atoms with Crippen LogP contribution >= 0.6 is 63.7 Å². The van der Waals surface area contributed by atoms with Crippen LogP contribution in [0.1, 0.15) is 69.3 Å². The van der Waals surface area contributed by atoms with Crippen molar-refractivity contribution in [2.75, 3.05) is 0 Å². The third-order valence-electron chi connectivity index (χ3n) is 3.00. The van der Waals surface area contributed by atoms with E-state index in [0.717, 1.165) is 0 Å². The van der Waals surface area contributed by atoms with Gasteiger partial charge in [0, 0.05) is 19.3 Å². The van der Waals surface area contributed by atoms with Crippen molar-refractivity contribution in [2.24, 2.45) is 0 Å². The fraction of sp³-hybridized carbons (Fsp3) is 0.571. The normalized spacial score (nSPS) is 18.2. The van der Waals surface area contributed by atoms with Crippen molar-refractivity contribution in [3.8, 4) is 0 Å². The van der Waals surface area contributed by atoms with Crippen LogP contribution in [0.25, 0.3) is 0 Å². The molecule has 0 radical (unpaired) electrons. The first-order valence-corrected chi connectivity index (χ1v) is 9.65. The molecule has 0 aromatic heterocycles. The molecule has 0 nitrogen and oxygen atoms in total. The first kappa shape index (κ1) is 17.2. The summed E-state index contributed by atoms with van der Waals surface area (Å²) >= 11 is 14.8. The molecule has 0 heterocycles. The number of halogens is 4. The van der Waals surface area contributed by atoms with Gasteiger partial charge in [0.2, 0.25) is 0 Å². The second-order valence-corrected chi connectivity index (χ2v) is 10.1. The fourth-order valence-corrected chi connectivity index (χ4v) is 3.63. The summed E-state index contributed by atoms with van der Waals surface area (Å²) < 4.78 is 0. The van der Waals surface area contributed by atoms with E-state index in [4.69, 9.17) is 0 Å². The van der Waals surface area contributed by atoms with Crippen LogP contribution in [0, 0.1) is 0 Å². The summed E-state index contributed by atoms with van der Waals surface area (Å²) in [7, 11) is 0. The van der Waals surface area contributed by atoms with Gasteiger partial charge >= 0.3 is 0 Å². The highest BCUT2D eigenvalue weighted by atomic mass is 79.9. The van der Waals surface area contributed by atoms with Crippen molar-refractivity contribution in [3.63, 3.8) is 0 Å². The van der Waals surface area contributed by atoms with Gasteiger partial charge in [0.25, 0.3) is 0 Å². The van der Waals surface area contributed by atoms with Gasteiger partial charge in [-0.15, -0.1) is 0 Å². The standard InChI is InChI=1S/C14H18Br4/c1-7(15)11-5-13(9(3)17)14(10(4)18)6-12(11)8(2)16/h5-10H,1-4H3. The summed E-state index contributed by atoms with van der Waals surface area (Å²) in [6, 6.07) is 4.64. The van der Waals surface area contributed by atoms with Gasteiger partial charge in [-0.05, 0) is 49.9 Å². The van der Waals surface area contributed by atoms with Crippen molar-refractivity contribution in [2.45, 2.75) is 47.0 Å². The van der Waals surface area contributed by atoms with Gasteiger partial charge in [-0.3, -0.25) is 0 Å². The molecule has 102 valence electrons. The lowest BCUT2D eigenvalue weighted by atomic mass is 9.93. The van der Waals surface area contributed by atoms with Crippen LogP contribution in [0.15, 0.2) is 12.1 Å². The lowest BCUT2D eigenvalue weighted by Gasteiger charge is -2.22. The molecule has 0 spiro atoms. The van der Waals surface area contributed by atoms with Gasteiger partial charge in [0.15, 0.2) is 0 Å². The number of benzene rings is 1. The van der Waals surface area contributed by atoms with Crippen molar-refractivity contribution >= 4 is 63.7 Å². The highest BCUT2D eigenvalue weighted by Gasteiger charge is 2.19. The van der Waals surface area contributed by atoms with E-state index in [1.807, 2.05) is 0 Å². The lowest BCUT2D eigenvalue weighted by Crippen LogP contribution is -2.03. The Hall–Kier alpha value is 1.14. The highest BCUT2D eigenvalue weighted by molar-refractivity contribution is 9.09. The van der Waals surface area contributed by atoms with Crippen LogP contribution in [0.4, 0.5) is 0 Å². The molecule has 1 aromatic rings. The maximum Gasteiger partial charge on any atom is 0.0370 e. The summed E-state index contributed by atoms with van der Waals surface area (Å²) in [5.74, 6) is 0. The van der Waals surface area contributed by atoms with Crippen molar-refractivity contribution in [1.29, 1.82) is 0 Å². The van der Waals surface area contributed by atoms with Gasteiger partial charge in [0.05, 0.1) is 0 Å². The van der Waals surface area contributed by atoms with Crippen LogP contribution in [0.5, 0.6) is 0 Å². The van der Waals surface area contributed by atoms with E-state index >= 15 is 0 Å². The lowest BCUT2D eigenvalue weighted by molar-refractivity contribution is 0.960. The predicted octanol–water partition coefficient (Wildman–Crippen LogP) is 7.51. The average molecular weight is 506 g/mol. The monoisotopic (exact) mass is 502 g/mol. The Morgan fingerprint density at radius 2 is 0.722 bits per heavy atom. The SMILES string of the molecule is CC(Br)c1cc(C(C)Br)c(C(C)Br)cc1C(C)Br. The molecule has 4 heteroatoms. The Morgan fingerprint density at radius 1 is 0.556 bits per heavy atom. The second kappa shape index (κ2) is 7.24. The van der Waals surface area contributed by atoms with Gasteiger partial charge in [-0.25, -0.2) is 0 Å². The van der Waals surface area contributed by atoms with Crippen LogP contribution in [0.3, 0.4) is 0 Å². The molecule has 0 saturated carbocycles. The second-order valence-electron chi connectivity index (χ2n) is 4.57. The molecule has 4 unspecified atom stereocenters. The first-order chi connectivity index (χ1) is 8.25. The molecule has 0 N–H and O–H groups in total. The molecule has 0 aliphatic rings. The van der Waals surface area contributed by atoms with Crippen LogP contribution in [-0.2, 0) is 0 Å². The van der Waals surface area contributed by atoms with Gasteiger partial charge in [-0.2, -0.15) is 0 Å². The smallest absolute Gasteiger partial charge is 0.0370 e. The summed E-state index contributed by atoms with van der Waals surface area (Å²) in [6.07, 6.45) is 0. The number of hydrogen-bond acceptors (Lipinski definition) is 0. The quantitative estimate of drug-likeness (QED) is 0.371. The molecule has 0 aliphatic carbocycles. The van der Waals surface area contributed by atoms with E-state index in [1.54, 1.807) is 0 Å². The number of alkyl halides is 4. The molecule has 0 saturated heterocycles. The van der Waals surface area contributed by atoms with Crippen LogP contribution < -0.4 is 0 Å². The summed E-state index contributed by atoms with van der Waals surface area (Å²) in [6.45, 7) is 8.70. The molecule has 1 rings (SSSR count). The van der Waals surface area contributed by atoms with Crippen molar-refractivity contribution in [1.82, 2.24) is 0 Å². The van der Waals surface area contributed by atoms with Gasteiger partial charge < -0.3 is 0 Å². The van der Waals surface area contributed by atoms with Crippen molar-refractivity contribution < 1.29 is 0 Å². The Bertz CT molecular complexity index is 334. The Morgan fingerprint density at radius 3 is 0.833 bits per heavy atom. The fourth-order valence-electron chi connectivity index (χ4n) is 2.05. The third kappa shape index (κ3) is 4.07. The first-order valence-electron chi connectivity index (χ1n) is 5.99. The zero-order chi connectivity index (χ0) is 14.0. The van der Waals surface area contributed by atoms with E-state index < -0.39 is 0 Å². The molecule has 18 heavy (non-hydrogen) atoms.